The van der Waals surface area contributed by atoms with Crippen molar-refractivity contribution in [1.29, 1.82) is 0 Å². The van der Waals surface area contributed by atoms with Gasteiger partial charge < -0.3 is 34.7 Å². The SMILES string of the molecule is C.C.C.C.CC(C)(CCCCOCCCCC(C)(C)C(=O)O)C(=O)O.CC(C)(CCCCOCCCCC(C)(C)C(=O)O)C(=O)[O-].[Ca+2].[O]=[Ca]. The van der Waals surface area contributed by atoms with E-state index in [2.05, 4.69) is 0 Å². The van der Waals surface area contributed by atoms with Gasteiger partial charge in [0.25, 0.3) is 0 Å². The van der Waals surface area contributed by atoms with Gasteiger partial charge in [-0.25, -0.2) is 0 Å². The first-order chi connectivity index (χ1) is 20.2. The van der Waals surface area contributed by atoms with Gasteiger partial charge in [-0.05, 0) is 92.9 Å². The minimum atomic E-state index is -1.01. The van der Waals surface area contributed by atoms with Gasteiger partial charge in [-0.3, -0.25) is 14.4 Å². The van der Waals surface area contributed by atoms with Gasteiger partial charge in [0.05, 0.1) is 16.2 Å². The molecule has 0 atom stereocenters. The fraction of sp³-hybridized carbons (Fsp3) is 0.889. The number of aliphatic carboxylic acids is 4. The van der Waals surface area contributed by atoms with Crippen molar-refractivity contribution in [1.82, 2.24) is 0 Å². The molecule has 0 fully saturated rings. The van der Waals surface area contributed by atoms with Crippen molar-refractivity contribution in [3.8, 4) is 0 Å². The van der Waals surface area contributed by atoms with E-state index in [1.54, 1.807) is 55.4 Å². The molecule has 0 radical (unpaired) electrons. The first-order valence-corrected chi connectivity index (χ1v) is 16.5. The number of rotatable bonds is 24. The molecule has 0 unspecified atom stereocenters. The minimum absolute atomic E-state index is 0. The van der Waals surface area contributed by atoms with Crippen LogP contribution in [0.1, 0.15) is 162 Å². The van der Waals surface area contributed by atoms with Crippen LogP contribution in [0.3, 0.4) is 0 Å². The average Bonchev–Trinajstić information content (AvgIpc) is 2.92. The topological polar surface area (TPSA) is 188 Å². The van der Waals surface area contributed by atoms with Gasteiger partial charge in [-0.15, -0.1) is 0 Å². The van der Waals surface area contributed by atoms with Gasteiger partial charge >= 0.3 is 93.0 Å². The van der Waals surface area contributed by atoms with Crippen molar-refractivity contribution in [2.75, 3.05) is 26.4 Å². The maximum absolute atomic E-state index is 10.9. The molecule has 0 spiro atoms. The van der Waals surface area contributed by atoms with Crippen LogP contribution in [0.5, 0.6) is 0 Å². The molecule has 0 bridgehead atoms. The third-order valence-electron chi connectivity index (χ3n) is 7.65. The predicted octanol–water partition coefficient (Wildman–Crippen LogP) is 7.46. The summed E-state index contributed by atoms with van der Waals surface area (Å²) in [5.74, 6) is -3.29. The normalized spacial score (nSPS) is 10.7. The second-order valence-corrected chi connectivity index (χ2v) is 13.8. The van der Waals surface area contributed by atoms with Gasteiger partial charge in [-0.2, -0.15) is 0 Å². The zero-order valence-corrected chi connectivity index (χ0v) is 33.8. The molecule has 0 aromatic carbocycles. The number of hydrogen-bond acceptors (Lipinski definition) is 8. The van der Waals surface area contributed by atoms with Crippen molar-refractivity contribution in [2.24, 2.45) is 21.7 Å². The molecule has 11 nitrogen and oxygen atoms in total. The van der Waals surface area contributed by atoms with Crippen molar-refractivity contribution in [3.05, 3.63) is 0 Å². The summed E-state index contributed by atoms with van der Waals surface area (Å²) < 4.78 is 19.3. The van der Waals surface area contributed by atoms with Crippen LogP contribution in [-0.2, 0) is 30.1 Å². The van der Waals surface area contributed by atoms with E-state index < -0.39 is 45.5 Å². The fourth-order valence-corrected chi connectivity index (χ4v) is 3.71. The number of hydrogen-bond donors (Lipinski definition) is 3. The summed E-state index contributed by atoms with van der Waals surface area (Å²) in [6.07, 6.45) is 9.24. The Labute approximate surface area is 354 Å². The number of unbranched alkanes of at least 4 members (excludes halogenated alkanes) is 4. The third-order valence-corrected chi connectivity index (χ3v) is 7.65. The third kappa shape index (κ3) is 37.7. The molecule has 0 aliphatic carbocycles. The summed E-state index contributed by atoms with van der Waals surface area (Å²) in [7, 11) is 0. The van der Waals surface area contributed by atoms with Crippen LogP contribution in [0.2, 0.25) is 0 Å². The Kier molecular flexibility index (Phi) is 50.1. The number of ether oxygens (including phenoxy) is 2. The molecule has 0 aliphatic heterocycles. The van der Waals surface area contributed by atoms with E-state index in [4.69, 9.17) is 26.2 Å². The van der Waals surface area contributed by atoms with Crippen LogP contribution >= 0.6 is 0 Å². The van der Waals surface area contributed by atoms with Crippen LogP contribution in [-0.4, -0.2) is 139 Å². The van der Waals surface area contributed by atoms with Gasteiger partial charge in [-0.1, -0.05) is 69.2 Å². The van der Waals surface area contributed by atoms with Crippen molar-refractivity contribution >= 4 is 97.5 Å². The molecular formula is C36H75Ca2O11+. The van der Waals surface area contributed by atoms with E-state index in [9.17, 15) is 24.3 Å². The van der Waals surface area contributed by atoms with E-state index in [0.29, 0.717) is 52.1 Å². The van der Waals surface area contributed by atoms with Crippen molar-refractivity contribution < 1.29 is 50.5 Å². The molecule has 0 heterocycles. The quantitative estimate of drug-likeness (QED) is 0.0654. The predicted molar refractivity (Wildman–Crippen MR) is 199 cm³/mol. The van der Waals surface area contributed by atoms with Crippen molar-refractivity contribution in [2.45, 2.75) is 162 Å². The van der Waals surface area contributed by atoms with Crippen LogP contribution in [0.15, 0.2) is 0 Å². The first-order valence-electron chi connectivity index (χ1n) is 15.5. The molecule has 0 aliphatic rings. The van der Waals surface area contributed by atoms with E-state index in [0.717, 1.165) is 51.4 Å². The molecule has 0 amide bonds. The zero-order valence-electron chi connectivity index (χ0n) is 29.3. The van der Waals surface area contributed by atoms with Crippen LogP contribution in [0, 0.1) is 21.7 Å². The molecule has 13 heteroatoms. The Morgan fingerprint density at radius 1 is 0.469 bits per heavy atom. The Hall–Kier alpha value is 0.119. The van der Waals surface area contributed by atoms with Gasteiger partial charge in [0.1, 0.15) is 0 Å². The zero-order chi connectivity index (χ0) is 35.0. The summed E-state index contributed by atoms with van der Waals surface area (Å²) in [5, 5.41) is 37.7. The van der Waals surface area contributed by atoms with Crippen LogP contribution in [0.25, 0.3) is 0 Å². The van der Waals surface area contributed by atoms with Crippen molar-refractivity contribution in [3.63, 3.8) is 0 Å². The Morgan fingerprint density at radius 3 is 0.816 bits per heavy atom. The average molecular weight is 764 g/mol. The van der Waals surface area contributed by atoms with Gasteiger partial charge in [0.2, 0.25) is 0 Å². The molecule has 49 heavy (non-hydrogen) atoms. The summed E-state index contributed by atoms with van der Waals surface area (Å²) in [6, 6.07) is 0. The molecule has 0 aromatic heterocycles. The van der Waals surface area contributed by atoms with E-state index in [-0.39, 0.29) is 103 Å². The number of carbonyl (C=O) groups excluding carboxylic acids is 1. The molecule has 3 N–H and O–H groups in total. The molecule has 0 rings (SSSR count). The van der Waals surface area contributed by atoms with E-state index in [1.165, 1.54) is 0 Å². The molecule has 0 saturated carbocycles. The van der Waals surface area contributed by atoms with E-state index in [1.807, 2.05) is 0 Å². The molecule has 0 saturated heterocycles. The van der Waals surface area contributed by atoms with Crippen LogP contribution < -0.4 is 5.11 Å². The fourth-order valence-electron chi connectivity index (χ4n) is 3.71. The number of carbonyl (C=O) groups is 4. The summed E-state index contributed by atoms with van der Waals surface area (Å²) in [4.78, 5) is 43.5. The Balaban J connectivity index is -0.0000000991. The van der Waals surface area contributed by atoms with E-state index >= 15 is 0 Å². The number of carboxylic acid groups (broad SMARTS) is 4. The van der Waals surface area contributed by atoms with Gasteiger partial charge in [0.15, 0.2) is 0 Å². The molecule has 288 valence electrons. The monoisotopic (exact) mass is 763 g/mol. The standard InChI is InChI=1S/2C16H30O5.4CH4.2Ca.O/c2*1-15(2,13(17)18)9-5-7-11-21-12-8-6-10-16(3,4)14(19)20;;;;;;;/h2*5-12H2,1-4H3,(H,17,18)(H,19,20);4*1H4;;;/q;;;;;;;+2;/p-1. The molecule has 0 aromatic rings. The summed E-state index contributed by atoms with van der Waals surface area (Å²) in [6.45, 7) is 16.3. The summed E-state index contributed by atoms with van der Waals surface area (Å²) in [5.41, 5.74) is -2.77. The number of carboxylic acids is 4. The second-order valence-electron chi connectivity index (χ2n) is 13.8. The Morgan fingerprint density at radius 2 is 0.653 bits per heavy atom. The van der Waals surface area contributed by atoms with Crippen LogP contribution in [0.4, 0.5) is 0 Å². The second kappa shape index (κ2) is 36.5. The summed E-state index contributed by atoms with van der Waals surface area (Å²) >= 11 is 0.125. The van der Waals surface area contributed by atoms with Gasteiger partial charge in [0, 0.05) is 37.8 Å². The maximum atomic E-state index is 10.9. The molecular weight excluding hydrogens is 689 g/mol. The first kappa shape index (κ1) is 67.3. The Bertz CT molecular complexity index is 700.